The summed E-state index contributed by atoms with van der Waals surface area (Å²) in [5, 5.41) is 6.81. The van der Waals surface area contributed by atoms with Crippen molar-refractivity contribution in [2.45, 2.75) is 32.2 Å². The van der Waals surface area contributed by atoms with Crippen LogP contribution < -0.4 is 5.32 Å². The fraction of sp³-hybridized carbons (Fsp3) is 0.750. The van der Waals surface area contributed by atoms with Gasteiger partial charge < -0.3 is 10.1 Å². The Morgan fingerprint density at radius 1 is 1.50 bits per heavy atom. The van der Waals surface area contributed by atoms with Crippen molar-refractivity contribution in [2.75, 3.05) is 19.8 Å². The van der Waals surface area contributed by atoms with Gasteiger partial charge >= 0.3 is 0 Å². The molecule has 1 aliphatic carbocycles. The van der Waals surface area contributed by atoms with Crippen molar-refractivity contribution in [1.82, 2.24) is 20.1 Å². The Hall–Kier alpha value is -1.43. The molecule has 0 aromatic carbocycles. The topological polar surface area (TPSA) is 69.0 Å². The molecule has 0 bridgehead atoms. The molecule has 0 unspecified atom stereocenters. The van der Waals surface area contributed by atoms with E-state index in [9.17, 15) is 4.79 Å². The number of carbonyl (C=O) groups excluding carboxylic acids is 1. The molecule has 0 aliphatic heterocycles. The van der Waals surface area contributed by atoms with Crippen LogP contribution in [0.15, 0.2) is 12.7 Å². The van der Waals surface area contributed by atoms with Crippen molar-refractivity contribution < 1.29 is 9.53 Å². The van der Waals surface area contributed by atoms with Gasteiger partial charge in [0.25, 0.3) is 0 Å². The van der Waals surface area contributed by atoms with Crippen LogP contribution in [0.5, 0.6) is 0 Å². The molecule has 1 N–H and O–H groups in total. The molecule has 0 saturated heterocycles. The summed E-state index contributed by atoms with van der Waals surface area (Å²) in [6, 6.07) is 0. The maximum atomic E-state index is 11.5. The van der Waals surface area contributed by atoms with Crippen LogP contribution in [0, 0.1) is 5.92 Å². The fourth-order valence-corrected chi connectivity index (χ4v) is 1.59. The first-order valence-corrected chi connectivity index (χ1v) is 6.51. The predicted octanol–water partition coefficient (Wildman–Crippen LogP) is 0.601. The van der Waals surface area contributed by atoms with Crippen molar-refractivity contribution in [1.29, 1.82) is 0 Å². The normalized spacial score (nSPS) is 14.7. The van der Waals surface area contributed by atoms with E-state index >= 15 is 0 Å². The molecular weight excluding hydrogens is 232 g/mol. The number of aryl methyl sites for hydroxylation is 1. The van der Waals surface area contributed by atoms with E-state index in [1.54, 1.807) is 11.0 Å². The minimum absolute atomic E-state index is 0.0488. The number of hydrogen-bond acceptors (Lipinski definition) is 4. The van der Waals surface area contributed by atoms with Gasteiger partial charge in [0.05, 0.1) is 6.54 Å². The quantitative estimate of drug-likeness (QED) is 0.653. The van der Waals surface area contributed by atoms with Gasteiger partial charge in [0.1, 0.15) is 12.7 Å². The maximum absolute atomic E-state index is 11.5. The lowest BCUT2D eigenvalue weighted by atomic mass is 10.3. The predicted molar refractivity (Wildman–Crippen MR) is 65.8 cm³/mol. The van der Waals surface area contributed by atoms with Gasteiger partial charge in [-0.3, -0.25) is 9.48 Å². The van der Waals surface area contributed by atoms with Crippen LogP contribution >= 0.6 is 0 Å². The molecule has 18 heavy (non-hydrogen) atoms. The van der Waals surface area contributed by atoms with Crippen LogP contribution in [0.3, 0.4) is 0 Å². The minimum atomic E-state index is 0.0488. The highest BCUT2D eigenvalue weighted by Gasteiger charge is 2.20. The van der Waals surface area contributed by atoms with Crippen LogP contribution in [-0.2, 0) is 16.1 Å². The summed E-state index contributed by atoms with van der Waals surface area (Å²) in [6.45, 7) is 2.88. The lowest BCUT2D eigenvalue weighted by molar-refractivity contribution is -0.121. The maximum Gasteiger partial charge on any atom is 0.221 e. The SMILES string of the molecule is O=C(CCn1cncn1)NCCCOCC1CC1. The average molecular weight is 252 g/mol. The number of amides is 1. The molecule has 1 aromatic heterocycles. The van der Waals surface area contributed by atoms with Crippen LogP contribution in [-0.4, -0.2) is 40.4 Å². The Morgan fingerprint density at radius 2 is 2.39 bits per heavy atom. The number of ether oxygens (including phenoxy) is 1. The zero-order valence-corrected chi connectivity index (χ0v) is 10.5. The highest BCUT2D eigenvalue weighted by molar-refractivity contribution is 5.75. The Bertz CT molecular complexity index is 349. The summed E-state index contributed by atoms with van der Waals surface area (Å²) in [5.74, 6) is 0.856. The van der Waals surface area contributed by atoms with Crippen molar-refractivity contribution in [3.05, 3.63) is 12.7 Å². The van der Waals surface area contributed by atoms with Crippen molar-refractivity contribution >= 4 is 5.91 Å². The lowest BCUT2D eigenvalue weighted by Crippen LogP contribution is -2.26. The third-order valence-corrected chi connectivity index (χ3v) is 2.87. The molecule has 1 heterocycles. The fourth-order valence-electron chi connectivity index (χ4n) is 1.59. The standard InChI is InChI=1S/C12H20N4O2/c17-12(4-6-16-10-13-9-15-16)14-5-1-7-18-8-11-2-3-11/h9-11H,1-8H2,(H,14,17). The van der Waals surface area contributed by atoms with Crippen molar-refractivity contribution in [2.24, 2.45) is 5.92 Å². The number of carbonyl (C=O) groups is 1. The smallest absolute Gasteiger partial charge is 0.221 e. The van der Waals surface area contributed by atoms with Gasteiger partial charge in [0.2, 0.25) is 5.91 Å². The van der Waals surface area contributed by atoms with Gasteiger partial charge in [-0.15, -0.1) is 0 Å². The highest BCUT2D eigenvalue weighted by atomic mass is 16.5. The molecule has 1 fully saturated rings. The second-order valence-corrected chi connectivity index (χ2v) is 4.63. The molecule has 1 aliphatic rings. The second-order valence-electron chi connectivity index (χ2n) is 4.63. The zero-order valence-electron chi connectivity index (χ0n) is 10.5. The number of hydrogen-bond donors (Lipinski definition) is 1. The van der Waals surface area contributed by atoms with Gasteiger partial charge in [-0.05, 0) is 25.2 Å². The summed E-state index contributed by atoms with van der Waals surface area (Å²) in [4.78, 5) is 15.3. The zero-order chi connectivity index (χ0) is 12.6. The summed E-state index contributed by atoms with van der Waals surface area (Å²) in [6.07, 6.45) is 7.03. The van der Waals surface area contributed by atoms with E-state index in [0.29, 0.717) is 19.5 Å². The first-order chi connectivity index (χ1) is 8.84. The number of nitrogens with zero attached hydrogens (tertiary/aromatic N) is 3. The Labute approximate surface area is 107 Å². The summed E-state index contributed by atoms with van der Waals surface area (Å²) in [7, 11) is 0. The molecule has 1 saturated carbocycles. The van der Waals surface area contributed by atoms with Gasteiger partial charge in [0.15, 0.2) is 0 Å². The molecule has 1 aromatic rings. The molecule has 0 spiro atoms. The van der Waals surface area contributed by atoms with Gasteiger partial charge in [-0.1, -0.05) is 0 Å². The lowest BCUT2D eigenvalue weighted by Gasteiger charge is -2.06. The molecular formula is C12H20N4O2. The Morgan fingerprint density at radius 3 is 3.11 bits per heavy atom. The Balaban J connectivity index is 1.41. The third-order valence-electron chi connectivity index (χ3n) is 2.87. The van der Waals surface area contributed by atoms with Crippen LogP contribution in [0.1, 0.15) is 25.7 Å². The molecule has 6 nitrogen and oxygen atoms in total. The molecule has 6 heteroatoms. The molecule has 1 amide bonds. The van der Waals surface area contributed by atoms with E-state index in [1.807, 2.05) is 0 Å². The highest BCUT2D eigenvalue weighted by Crippen LogP contribution is 2.28. The van der Waals surface area contributed by atoms with E-state index in [2.05, 4.69) is 15.4 Å². The monoisotopic (exact) mass is 252 g/mol. The minimum Gasteiger partial charge on any atom is -0.381 e. The first-order valence-electron chi connectivity index (χ1n) is 6.51. The molecule has 0 radical (unpaired) electrons. The summed E-state index contributed by atoms with van der Waals surface area (Å²) < 4.78 is 7.14. The van der Waals surface area contributed by atoms with Crippen LogP contribution in [0.2, 0.25) is 0 Å². The Kier molecular flexibility index (Phi) is 5.14. The summed E-state index contributed by atoms with van der Waals surface area (Å²) >= 11 is 0. The van der Waals surface area contributed by atoms with E-state index in [0.717, 1.165) is 25.6 Å². The molecule has 100 valence electrons. The number of rotatable bonds is 9. The second kappa shape index (κ2) is 7.10. The van der Waals surface area contributed by atoms with Gasteiger partial charge in [-0.2, -0.15) is 5.10 Å². The first kappa shape index (κ1) is 13.0. The van der Waals surface area contributed by atoms with E-state index in [4.69, 9.17) is 4.74 Å². The van der Waals surface area contributed by atoms with Crippen LogP contribution in [0.25, 0.3) is 0 Å². The summed E-state index contributed by atoms with van der Waals surface area (Å²) in [5.41, 5.74) is 0. The van der Waals surface area contributed by atoms with Crippen molar-refractivity contribution in [3.63, 3.8) is 0 Å². The van der Waals surface area contributed by atoms with E-state index < -0.39 is 0 Å². The largest absolute Gasteiger partial charge is 0.381 e. The molecule has 0 atom stereocenters. The number of aromatic nitrogens is 3. The van der Waals surface area contributed by atoms with E-state index in [1.165, 1.54) is 19.2 Å². The molecule has 2 rings (SSSR count). The number of nitrogens with one attached hydrogen (secondary N) is 1. The van der Waals surface area contributed by atoms with Crippen molar-refractivity contribution in [3.8, 4) is 0 Å². The van der Waals surface area contributed by atoms with Gasteiger partial charge in [-0.25, -0.2) is 4.98 Å². The average Bonchev–Trinajstić information content (AvgIpc) is 3.04. The third kappa shape index (κ3) is 5.27. The van der Waals surface area contributed by atoms with Crippen LogP contribution in [0.4, 0.5) is 0 Å². The van der Waals surface area contributed by atoms with E-state index in [-0.39, 0.29) is 5.91 Å². The van der Waals surface area contributed by atoms with Gasteiger partial charge in [0, 0.05) is 26.2 Å².